The lowest BCUT2D eigenvalue weighted by molar-refractivity contribution is -0.132. The van der Waals surface area contributed by atoms with Crippen molar-refractivity contribution in [2.75, 3.05) is 30.0 Å². The van der Waals surface area contributed by atoms with Gasteiger partial charge in [-0.15, -0.1) is 0 Å². The van der Waals surface area contributed by atoms with Gasteiger partial charge in [0.25, 0.3) is 11.7 Å². The number of likely N-dealkylation sites (N-methyl/N-ethyl adjacent to an activating group) is 1. The minimum absolute atomic E-state index is 0.0462. The molecule has 1 unspecified atom stereocenters. The van der Waals surface area contributed by atoms with Crippen molar-refractivity contribution in [2.24, 2.45) is 0 Å². The van der Waals surface area contributed by atoms with Crippen LogP contribution in [0.2, 0.25) is 5.02 Å². The van der Waals surface area contributed by atoms with Crippen LogP contribution in [0.3, 0.4) is 0 Å². The van der Waals surface area contributed by atoms with E-state index in [9.17, 15) is 14.7 Å². The van der Waals surface area contributed by atoms with Crippen molar-refractivity contribution in [3.8, 4) is 5.75 Å². The predicted molar refractivity (Wildman–Crippen MR) is 133 cm³/mol. The first-order chi connectivity index (χ1) is 16.3. The number of anilines is 2. The highest BCUT2D eigenvalue weighted by molar-refractivity contribution is 6.51. The smallest absolute Gasteiger partial charge is 0.300 e. The SMILES string of the molecule is Cc1cccc(C2/C(=C(/O)c3ccc4c(c3)N(C)CCO4)C(=O)C(=O)N2c2ccc(Cl)cc2)c1. The van der Waals surface area contributed by atoms with Crippen molar-refractivity contribution in [1.82, 2.24) is 0 Å². The number of amides is 1. The van der Waals surface area contributed by atoms with Crippen LogP contribution < -0.4 is 14.5 Å². The highest BCUT2D eigenvalue weighted by Crippen LogP contribution is 2.43. The molecule has 0 spiro atoms. The molecule has 3 aromatic carbocycles. The second-order valence-electron chi connectivity index (χ2n) is 8.51. The number of carbonyl (C=O) groups is 2. The number of nitrogens with zero attached hydrogens (tertiary/aromatic N) is 2. The Labute approximate surface area is 202 Å². The van der Waals surface area contributed by atoms with E-state index in [2.05, 4.69) is 0 Å². The van der Waals surface area contributed by atoms with Gasteiger partial charge in [0.1, 0.15) is 18.1 Å². The van der Waals surface area contributed by atoms with E-state index in [0.717, 1.165) is 16.8 Å². The van der Waals surface area contributed by atoms with Crippen LogP contribution in [0.1, 0.15) is 22.7 Å². The Morgan fingerprint density at radius 1 is 1.06 bits per heavy atom. The summed E-state index contributed by atoms with van der Waals surface area (Å²) in [5.41, 5.74) is 3.54. The van der Waals surface area contributed by atoms with Gasteiger partial charge in [0.2, 0.25) is 0 Å². The summed E-state index contributed by atoms with van der Waals surface area (Å²) >= 11 is 6.05. The molecule has 1 saturated heterocycles. The third kappa shape index (κ3) is 3.70. The third-order valence-corrected chi connectivity index (χ3v) is 6.49. The number of benzene rings is 3. The van der Waals surface area contributed by atoms with Crippen molar-refractivity contribution in [1.29, 1.82) is 0 Å². The van der Waals surface area contributed by atoms with Crippen molar-refractivity contribution in [3.05, 3.63) is 94.0 Å². The molecule has 7 heteroatoms. The molecule has 1 atom stereocenters. The number of halogens is 1. The van der Waals surface area contributed by atoms with Gasteiger partial charge < -0.3 is 14.7 Å². The van der Waals surface area contributed by atoms with Gasteiger partial charge in [0, 0.05) is 23.3 Å². The molecule has 3 aromatic rings. The molecule has 172 valence electrons. The van der Waals surface area contributed by atoms with Crippen molar-refractivity contribution in [3.63, 3.8) is 0 Å². The zero-order valence-corrected chi connectivity index (χ0v) is 19.5. The topological polar surface area (TPSA) is 70.1 Å². The Hall–Kier alpha value is -3.77. The molecule has 0 bridgehead atoms. The number of rotatable bonds is 3. The lowest BCUT2D eigenvalue weighted by Gasteiger charge is -2.28. The molecule has 1 fully saturated rings. The number of hydrogen-bond donors (Lipinski definition) is 1. The average molecular weight is 475 g/mol. The van der Waals surface area contributed by atoms with Gasteiger partial charge in [-0.25, -0.2) is 0 Å². The van der Waals surface area contributed by atoms with E-state index in [-0.39, 0.29) is 11.3 Å². The van der Waals surface area contributed by atoms with E-state index in [1.165, 1.54) is 4.90 Å². The third-order valence-electron chi connectivity index (χ3n) is 6.23. The number of aliphatic hydroxyl groups is 1. The zero-order chi connectivity index (χ0) is 24.0. The molecular formula is C27H23ClN2O4. The Balaban J connectivity index is 1.70. The van der Waals surface area contributed by atoms with Crippen molar-refractivity contribution < 1.29 is 19.4 Å². The molecule has 2 aliphatic rings. The largest absolute Gasteiger partial charge is 0.507 e. The van der Waals surface area contributed by atoms with Crippen LogP contribution in [-0.2, 0) is 9.59 Å². The van der Waals surface area contributed by atoms with Crippen molar-refractivity contribution >= 4 is 40.4 Å². The van der Waals surface area contributed by atoms with Crippen LogP contribution >= 0.6 is 11.6 Å². The van der Waals surface area contributed by atoms with Gasteiger partial charge in [-0.2, -0.15) is 0 Å². The maximum Gasteiger partial charge on any atom is 0.300 e. The van der Waals surface area contributed by atoms with E-state index >= 15 is 0 Å². The molecule has 0 aliphatic carbocycles. The second kappa shape index (κ2) is 8.54. The summed E-state index contributed by atoms with van der Waals surface area (Å²) in [4.78, 5) is 30.0. The number of carbonyl (C=O) groups excluding carboxylic acids is 2. The summed E-state index contributed by atoms with van der Waals surface area (Å²) in [6, 6.07) is 18.8. The van der Waals surface area contributed by atoms with Crippen LogP contribution in [0.4, 0.5) is 11.4 Å². The fourth-order valence-electron chi connectivity index (χ4n) is 4.51. The molecule has 2 aliphatic heterocycles. The first-order valence-corrected chi connectivity index (χ1v) is 11.3. The minimum atomic E-state index is -0.786. The summed E-state index contributed by atoms with van der Waals surface area (Å²) in [5, 5.41) is 11.9. The fraction of sp³-hybridized carbons (Fsp3) is 0.185. The molecule has 0 radical (unpaired) electrons. The van der Waals surface area contributed by atoms with Gasteiger partial charge in [0.15, 0.2) is 0 Å². The van der Waals surface area contributed by atoms with Crippen LogP contribution in [-0.4, -0.2) is 37.0 Å². The average Bonchev–Trinajstić information content (AvgIpc) is 3.10. The number of aryl methyl sites for hydroxylation is 1. The number of ether oxygens (including phenoxy) is 1. The summed E-state index contributed by atoms with van der Waals surface area (Å²) in [5.74, 6) is -0.944. The Kier molecular flexibility index (Phi) is 5.54. The maximum absolute atomic E-state index is 13.3. The van der Waals surface area contributed by atoms with E-state index in [1.54, 1.807) is 42.5 Å². The molecule has 1 N–H and O–H groups in total. The molecule has 0 saturated carbocycles. The van der Waals surface area contributed by atoms with Gasteiger partial charge in [0.05, 0.1) is 23.8 Å². The molecule has 5 rings (SSSR count). The lowest BCUT2D eigenvalue weighted by atomic mass is 9.94. The fourth-order valence-corrected chi connectivity index (χ4v) is 4.64. The predicted octanol–water partition coefficient (Wildman–Crippen LogP) is 5.10. The monoisotopic (exact) mass is 474 g/mol. The van der Waals surface area contributed by atoms with Crippen LogP contribution in [0.25, 0.3) is 5.76 Å². The molecule has 2 heterocycles. The first kappa shape index (κ1) is 22.0. The zero-order valence-electron chi connectivity index (χ0n) is 18.8. The molecule has 6 nitrogen and oxygen atoms in total. The van der Waals surface area contributed by atoms with E-state index in [0.29, 0.717) is 35.2 Å². The van der Waals surface area contributed by atoms with Crippen LogP contribution in [0, 0.1) is 6.92 Å². The van der Waals surface area contributed by atoms with Crippen molar-refractivity contribution in [2.45, 2.75) is 13.0 Å². The Morgan fingerprint density at radius 2 is 1.82 bits per heavy atom. The van der Waals surface area contributed by atoms with Crippen LogP contribution in [0.5, 0.6) is 5.75 Å². The molecule has 1 amide bonds. The van der Waals surface area contributed by atoms with Crippen LogP contribution in [0.15, 0.2) is 72.3 Å². The summed E-state index contributed by atoms with van der Waals surface area (Å²) in [6.07, 6.45) is 0. The second-order valence-corrected chi connectivity index (χ2v) is 8.95. The first-order valence-electron chi connectivity index (χ1n) is 11.0. The van der Waals surface area contributed by atoms with Gasteiger partial charge in [-0.1, -0.05) is 41.4 Å². The number of ketones is 1. The normalized spacial score (nSPS) is 19.2. The number of Topliss-reactive ketones (excluding diaryl/α,β-unsaturated/α-hetero) is 1. The summed E-state index contributed by atoms with van der Waals surface area (Å²) in [7, 11) is 1.94. The number of hydrogen-bond acceptors (Lipinski definition) is 5. The number of fused-ring (bicyclic) bond motifs is 1. The quantitative estimate of drug-likeness (QED) is 0.325. The molecule has 34 heavy (non-hydrogen) atoms. The highest BCUT2D eigenvalue weighted by atomic mass is 35.5. The van der Waals surface area contributed by atoms with E-state index in [1.807, 2.05) is 43.1 Å². The molecular weight excluding hydrogens is 452 g/mol. The van der Waals surface area contributed by atoms with Gasteiger partial charge >= 0.3 is 0 Å². The van der Waals surface area contributed by atoms with E-state index < -0.39 is 17.7 Å². The summed E-state index contributed by atoms with van der Waals surface area (Å²) in [6.45, 7) is 3.23. The lowest BCUT2D eigenvalue weighted by Crippen LogP contribution is -2.29. The maximum atomic E-state index is 13.3. The molecule has 0 aromatic heterocycles. The van der Waals surface area contributed by atoms with E-state index in [4.69, 9.17) is 16.3 Å². The standard InChI is InChI=1S/C27H23ClN2O4/c1-16-4-3-5-17(14-16)24-23(26(32)27(33)30(24)20-9-7-19(28)8-10-20)25(31)18-6-11-22-21(15-18)29(2)12-13-34-22/h3-11,14-15,24,31H,12-13H2,1-2H3/b25-23-. The highest BCUT2D eigenvalue weighted by Gasteiger charge is 2.47. The van der Waals surface area contributed by atoms with Gasteiger partial charge in [-0.05, 0) is 55.0 Å². The number of aliphatic hydroxyl groups excluding tert-OH is 1. The minimum Gasteiger partial charge on any atom is -0.507 e. The Morgan fingerprint density at radius 3 is 2.56 bits per heavy atom. The van der Waals surface area contributed by atoms with Gasteiger partial charge in [-0.3, -0.25) is 14.5 Å². The Bertz CT molecular complexity index is 1330. The summed E-state index contributed by atoms with van der Waals surface area (Å²) < 4.78 is 5.70.